The van der Waals surface area contributed by atoms with Crippen LogP contribution in [0.2, 0.25) is 0 Å². The van der Waals surface area contributed by atoms with Gasteiger partial charge in [-0.25, -0.2) is 0 Å². The molecule has 2 heterocycles. The van der Waals surface area contributed by atoms with E-state index in [0.717, 1.165) is 13.0 Å². The third-order valence-corrected chi connectivity index (χ3v) is 5.06. The van der Waals surface area contributed by atoms with Gasteiger partial charge in [0, 0.05) is 25.5 Å². The monoisotopic (exact) mass is 351 g/mol. The first-order chi connectivity index (χ1) is 11.8. The quantitative estimate of drug-likeness (QED) is 0.671. The third kappa shape index (κ3) is 5.06. The van der Waals surface area contributed by atoms with Crippen LogP contribution in [0.1, 0.15) is 43.6 Å². The van der Waals surface area contributed by atoms with Crippen LogP contribution >= 0.6 is 11.3 Å². The van der Waals surface area contributed by atoms with E-state index in [4.69, 9.17) is 14.6 Å². The summed E-state index contributed by atoms with van der Waals surface area (Å²) in [5.74, 6) is 0.988. The summed E-state index contributed by atoms with van der Waals surface area (Å²) in [6, 6.07) is 2.08. The Hall–Kier alpha value is -1.37. The van der Waals surface area contributed by atoms with Crippen LogP contribution in [0.25, 0.3) is 0 Å². The van der Waals surface area contributed by atoms with E-state index in [1.54, 1.807) is 11.3 Å². The summed E-state index contributed by atoms with van der Waals surface area (Å²) < 4.78 is 11.6. The molecular weight excluding hydrogens is 326 g/mol. The summed E-state index contributed by atoms with van der Waals surface area (Å²) in [6.07, 6.45) is 6.10. The molecule has 0 bridgehead atoms. The van der Waals surface area contributed by atoms with E-state index in [1.165, 1.54) is 18.4 Å². The lowest BCUT2D eigenvalue weighted by Gasteiger charge is -2.29. The highest BCUT2D eigenvalue weighted by molar-refractivity contribution is 7.08. The second-order valence-corrected chi connectivity index (χ2v) is 7.21. The second-order valence-electron chi connectivity index (χ2n) is 6.43. The molecule has 0 aromatic carbocycles. The molecule has 0 saturated heterocycles. The van der Waals surface area contributed by atoms with Gasteiger partial charge in [-0.05, 0) is 60.1 Å². The molecule has 132 valence electrons. The second kappa shape index (κ2) is 8.65. The number of hydrogen-bond acceptors (Lipinski definition) is 5. The molecule has 1 aromatic heterocycles. The fourth-order valence-electron chi connectivity index (χ4n) is 2.71. The van der Waals surface area contributed by atoms with E-state index < -0.39 is 6.29 Å². The average molecular weight is 351 g/mol. The van der Waals surface area contributed by atoms with Gasteiger partial charge < -0.3 is 19.9 Å². The highest BCUT2D eigenvalue weighted by Gasteiger charge is 2.30. The Kier molecular flexibility index (Phi) is 6.29. The van der Waals surface area contributed by atoms with E-state index in [0.29, 0.717) is 31.1 Å². The van der Waals surface area contributed by atoms with Crippen molar-refractivity contribution in [3.05, 3.63) is 34.2 Å². The summed E-state index contributed by atoms with van der Waals surface area (Å²) in [5, 5.41) is 16.0. The molecule has 2 atom stereocenters. The molecule has 1 amide bonds. The minimum atomic E-state index is -0.416. The van der Waals surface area contributed by atoms with Crippen molar-refractivity contribution in [3.8, 4) is 0 Å². The zero-order valence-electron chi connectivity index (χ0n) is 13.8. The maximum absolute atomic E-state index is 12.4. The minimum absolute atomic E-state index is 0.134. The number of thiophene rings is 1. The van der Waals surface area contributed by atoms with Crippen LogP contribution < -0.4 is 5.32 Å². The van der Waals surface area contributed by atoms with Gasteiger partial charge in [0.1, 0.15) is 0 Å². The Morgan fingerprint density at radius 3 is 3.00 bits per heavy atom. The van der Waals surface area contributed by atoms with Crippen LogP contribution in [0.3, 0.4) is 0 Å². The van der Waals surface area contributed by atoms with Crippen molar-refractivity contribution in [1.29, 1.82) is 0 Å². The summed E-state index contributed by atoms with van der Waals surface area (Å²) >= 11 is 1.65. The van der Waals surface area contributed by atoms with Crippen LogP contribution in [0.4, 0.5) is 0 Å². The van der Waals surface area contributed by atoms with Gasteiger partial charge in [0.15, 0.2) is 5.76 Å². The lowest BCUT2D eigenvalue weighted by molar-refractivity contribution is -0.146. The predicted octanol–water partition coefficient (Wildman–Crippen LogP) is 2.78. The van der Waals surface area contributed by atoms with Gasteiger partial charge in [-0.1, -0.05) is 0 Å². The summed E-state index contributed by atoms with van der Waals surface area (Å²) in [6.45, 7) is 1.42. The van der Waals surface area contributed by atoms with E-state index in [2.05, 4.69) is 16.8 Å². The molecule has 5 nitrogen and oxygen atoms in total. The molecule has 0 unspecified atom stereocenters. The first kappa shape index (κ1) is 17.5. The number of allylic oxidation sites excluding steroid dienone is 1. The van der Waals surface area contributed by atoms with Gasteiger partial charge in [-0.3, -0.25) is 4.79 Å². The smallest absolute Gasteiger partial charge is 0.286 e. The summed E-state index contributed by atoms with van der Waals surface area (Å²) in [5.41, 5.74) is 1.19. The first-order valence-electron chi connectivity index (χ1n) is 8.67. The molecule has 24 heavy (non-hydrogen) atoms. The van der Waals surface area contributed by atoms with Crippen molar-refractivity contribution in [2.24, 2.45) is 5.92 Å². The van der Waals surface area contributed by atoms with E-state index in [-0.39, 0.29) is 18.4 Å². The van der Waals surface area contributed by atoms with Crippen LogP contribution in [-0.4, -0.2) is 37.1 Å². The highest BCUT2D eigenvalue weighted by Crippen LogP contribution is 2.33. The maximum atomic E-state index is 12.4. The lowest BCUT2D eigenvalue weighted by Crippen LogP contribution is -2.33. The van der Waals surface area contributed by atoms with Crippen LogP contribution in [0, 0.1) is 5.92 Å². The molecule has 2 N–H and O–H groups in total. The SMILES string of the molecule is O=C(NCC1CC1)C1=C[C@H](c2ccsc2)C[C@H](OCCCCO)O1. The largest absolute Gasteiger partial charge is 0.459 e. The van der Waals surface area contributed by atoms with Crippen LogP contribution in [-0.2, 0) is 14.3 Å². The van der Waals surface area contributed by atoms with Gasteiger partial charge in [0.2, 0.25) is 6.29 Å². The number of amides is 1. The van der Waals surface area contributed by atoms with Crippen molar-refractivity contribution in [1.82, 2.24) is 5.32 Å². The Bertz CT molecular complexity index is 553. The Labute approximate surface area is 146 Å². The van der Waals surface area contributed by atoms with E-state index >= 15 is 0 Å². The number of carbonyl (C=O) groups is 1. The number of aliphatic hydroxyl groups is 1. The fourth-order valence-corrected chi connectivity index (χ4v) is 3.44. The standard InChI is InChI=1S/C18H25NO4S/c20-6-1-2-7-22-17-10-15(14-5-8-24-12-14)9-16(23-17)18(21)19-11-13-3-4-13/h5,8-9,12-13,15,17,20H,1-4,6-7,10-11H2,(H,19,21)/t15-,17+/m0/s1. The minimum Gasteiger partial charge on any atom is -0.459 e. The zero-order valence-corrected chi connectivity index (χ0v) is 14.6. The van der Waals surface area contributed by atoms with E-state index in [1.807, 2.05) is 11.5 Å². The highest BCUT2D eigenvalue weighted by atomic mass is 32.1. The molecule has 1 aromatic rings. The molecule has 6 heteroatoms. The normalized spacial score (nSPS) is 23.5. The molecule has 1 saturated carbocycles. The maximum Gasteiger partial charge on any atom is 0.286 e. The van der Waals surface area contributed by atoms with Crippen molar-refractivity contribution in [2.45, 2.75) is 44.3 Å². The molecule has 1 aliphatic carbocycles. The number of nitrogens with one attached hydrogen (secondary N) is 1. The predicted molar refractivity (Wildman–Crippen MR) is 92.6 cm³/mol. The summed E-state index contributed by atoms with van der Waals surface area (Å²) in [4.78, 5) is 12.4. The van der Waals surface area contributed by atoms with Gasteiger partial charge in [0.25, 0.3) is 5.91 Å². The number of ether oxygens (including phenoxy) is 2. The fraction of sp³-hybridized carbons (Fsp3) is 0.611. The molecule has 3 rings (SSSR count). The zero-order chi connectivity index (χ0) is 16.8. The van der Waals surface area contributed by atoms with Gasteiger partial charge in [0.05, 0.1) is 6.61 Å². The number of unbranched alkanes of at least 4 members (excludes halogenated alkanes) is 1. The number of aliphatic hydroxyl groups excluding tert-OH is 1. The summed E-state index contributed by atoms with van der Waals surface area (Å²) in [7, 11) is 0. The van der Waals surface area contributed by atoms with Crippen LogP contribution in [0.5, 0.6) is 0 Å². The molecular formula is C18H25NO4S. The van der Waals surface area contributed by atoms with Crippen molar-refractivity contribution in [2.75, 3.05) is 19.8 Å². The molecule has 2 aliphatic rings. The molecule has 1 fully saturated rings. The Balaban J connectivity index is 1.61. The molecule has 0 spiro atoms. The van der Waals surface area contributed by atoms with Crippen molar-refractivity contribution >= 4 is 17.2 Å². The first-order valence-corrected chi connectivity index (χ1v) is 9.61. The Morgan fingerprint density at radius 1 is 1.42 bits per heavy atom. The molecule has 0 radical (unpaired) electrons. The number of carbonyl (C=O) groups excluding carboxylic acids is 1. The van der Waals surface area contributed by atoms with Crippen molar-refractivity contribution in [3.63, 3.8) is 0 Å². The van der Waals surface area contributed by atoms with Gasteiger partial charge >= 0.3 is 0 Å². The Morgan fingerprint density at radius 2 is 2.29 bits per heavy atom. The average Bonchev–Trinajstić information content (AvgIpc) is 3.27. The van der Waals surface area contributed by atoms with Crippen molar-refractivity contribution < 1.29 is 19.4 Å². The third-order valence-electron chi connectivity index (χ3n) is 4.36. The van der Waals surface area contributed by atoms with E-state index in [9.17, 15) is 4.79 Å². The van der Waals surface area contributed by atoms with Crippen LogP contribution in [0.15, 0.2) is 28.7 Å². The molecule has 1 aliphatic heterocycles. The number of hydrogen-bond donors (Lipinski definition) is 2. The van der Waals surface area contributed by atoms with Gasteiger partial charge in [-0.15, -0.1) is 0 Å². The van der Waals surface area contributed by atoms with Gasteiger partial charge in [-0.2, -0.15) is 11.3 Å². The topological polar surface area (TPSA) is 67.8 Å². The number of rotatable bonds is 9. The lowest BCUT2D eigenvalue weighted by atomic mass is 9.95.